The Bertz CT molecular complexity index is 1440. The summed E-state index contributed by atoms with van der Waals surface area (Å²) in [7, 11) is 0. The lowest BCUT2D eigenvalue weighted by Crippen LogP contribution is -1.98. The van der Waals surface area contributed by atoms with E-state index in [9.17, 15) is 4.39 Å². The Morgan fingerprint density at radius 2 is 1.89 bits per heavy atom. The van der Waals surface area contributed by atoms with Gasteiger partial charge in [-0.25, -0.2) is 19.5 Å². The summed E-state index contributed by atoms with van der Waals surface area (Å²) in [5.74, 6) is 2.17. The molecule has 9 heteroatoms. The van der Waals surface area contributed by atoms with Crippen LogP contribution in [0.5, 0.6) is 11.5 Å². The molecular formula is C26H22FN7O. The van der Waals surface area contributed by atoms with Crippen molar-refractivity contribution >= 4 is 11.5 Å². The van der Waals surface area contributed by atoms with Crippen molar-refractivity contribution in [2.45, 2.75) is 19.8 Å². The minimum atomic E-state index is -0.327. The molecule has 5 aromatic rings. The van der Waals surface area contributed by atoms with Crippen molar-refractivity contribution < 1.29 is 9.13 Å². The number of H-pyrrole nitrogens is 1. The van der Waals surface area contributed by atoms with E-state index in [4.69, 9.17) is 4.74 Å². The van der Waals surface area contributed by atoms with Gasteiger partial charge in [0.2, 0.25) is 0 Å². The monoisotopic (exact) mass is 467 g/mol. The van der Waals surface area contributed by atoms with E-state index in [1.807, 2.05) is 43.3 Å². The van der Waals surface area contributed by atoms with Gasteiger partial charge in [-0.15, -0.1) is 5.10 Å². The van der Waals surface area contributed by atoms with Crippen LogP contribution in [0.15, 0.2) is 79.0 Å². The van der Waals surface area contributed by atoms with Crippen LogP contribution >= 0.6 is 0 Å². The second-order valence-electron chi connectivity index (χ2n) is 7.96. The molecular weight excluding hydrogens is 445 g/mol. The summed E-state index contributed by atoms with van der Waals surface area (Å²) < 4.78 is 20.0. The topological polar surface area (TPSA) is 101 Å². The first kappa shape index (κ1) is 22.1. The summed E-state index contributed by atoms with van der Waals surface area (Å²) >= 11 is 0. The van der Waals surface area contributed by atoms with Crippen molar-refractivity contribution in [3.05, 3.63) is 102 Å². The van der Waals surface area contributed by atoms with Crippen LogP contribution in [0, 0.1) is 12.7 Å². The molecule has 0 saturated carbocycles. The third-order valence-corrected chi connectivity index (χ3v) is 5.29. The molecule has 0 aliphatic heterocycles. The van der Waals surface area contributed by atoms with E-state index >= 15 is 0 Å². The zero-order valence-electron chi connectivity index (χ0n) is 18.9. The smallest absolute Gasteiger partial charge is 0.153 e. The second kappa shape index (κ2) is 10.1. The fourth-order valence-electron chi connectivity index (χ4n) is 3.64. The Labute approximate surface area is 201 Å². The number of hydrogen-bond acceptors (Lipinski definition) is 7. The average molecular weight is 468 g/mol. The molecule has 0 aliphatic carbocycles. The first-order valence-corrected chi connectivity index (χ1v) is 11.1. The highest BCUT2D eigenvalue weighted by atomic mass is 19.1. The van der Waals surface area contributed by atoms with Crippen LogP contribution in [0.2, 0.25) is 0 Å². The van der Waals surface area contributed by atoms with Crippen molar-refractivity contribution in [1.29, 1.82) is 0 Å². The van der Waals surface area contributed by atoms with Gasteiger partial charge in [-0.2, -0.15) is 0 Å². The van der Waals surface area contributed by atoms with Crippen LogP contribution in [0.4, 0.5) is 15.9 Å². The summed E-state index contributed by atoms with van der Waals surface area (Å²) in [6.45, 7) is 1.89. The molecule has 0 atom stereocenters. The number of hydrogen-bond donors (Lipinski definition) is 2. The van der Waals surface area contributed by atoms with Crippen LogP contribution in [0.1, 0.15) is 17.1 Å². The third kappa shape index (κ3) is 5.64. The molecule has 8 nitrogen and oxygen atoms in total. The Morgan fingerprint density at radius 3 is 2.74 bits per heavy atom. The van der Waals surface area contributed by atoms with Gasteiger partial charge >= 0.3 is 0 Å². The Balaban J connectivity index is 1.33. The first-order valence-electron chi connectivity index (χ1n) is 11.1. The first-order chi connectivity index (χ1) is 17.1. The minimum absolute atomic E-state index is 0.327. The number of ether oxygens (including phenoxy) is 1. The molecule has 0 fully saturated rings. The van der Waals surface area contributed by atoms with Gasteiger partial charge in [0, 0.05) is 35.6 Å². The summed E-state index contributed by atoms with van der Waals surface area (Å²) in [4.78, 5) is 8.99. The van der Waals surface area contributed by atoms with Gasteiger partial charge in [-0.3, -0.25) is 0 Å². The van der Waals surface area contributed by atoms with E-state index in [2.05, 4.69) is 48.0 Å². The maximum absolute atomic E-state index is 13.8. The van der Waals surface area contributed by atoms with E-state index in [1.165, 1.54) is 12.1 Å². The van der Waals surface area contributed by atoms with Gasteiger partial charge in [0.25, 0.3) is 0 Å². The Morgan fingerprint density at radius 1 is 0.971 bits per heavy atom. The van der Waals surface area contributed by atoms with Crippen molar-refractivity contribution in [2.75, 3.05) is 5.32 Å². The van der Waals surface area contributed by atoms with E-state index in [-0.39, 0.29) is 5.82 Å². The normalized spacial score (nSPS) is 10.8. The number of nitrogens with one attached hydrogen (secondary N) is 2. The van der Waals surface area contributed by atoms with Crippen LogP contribution in [-0.4, -0.2) is 30.6 Å². The largest absolute Gasteiger partial charge is 0.455 e. The number of pyridine rings is 2. The van der Waals surface area contributed by atoms with E-state index < -0.39 is 0 Å². The summed E-state index contributed by atoms with van der Waals surface area (Å²) in [5.41, 5.74) is 4.08. The second-order valence-corrected chi connectivity index (χ2v) is 7.96. The number of aromatic nitrogens is 6. The highest BCUT2D eigenvalue weighted by Gasteiger charge is 2.12. The number of tetrazole rings is 1. The molecule has 0 amide bonds. The lowest BCUT2D eigenvalue weighted by Gasteiger charge is -2.13. The van der Waals surface area contributed by atoms with Gasteiger partial charge in [-0.05, 0) is 71.8 Å². The van der Waals surface area contributed by atoms with Crippen molar-refractivity contribution in [1.82, 2.24) is 30.6 Å². The standard InChI is InChI=1S/C26H22FN7O/c1-17-8-10-23(26(29-17)19-5-3-6-20(27)15-19)35-22-12-13-28-25(16-22)30-21-7-2-4-18(14-21)9-11-24-31-33-34-32-24/h2-8,10,12-16H,9,11H2,1H3,(H,28,30)(H,31,32,33,34). The van der Waals surface area contributed by atoms with Gasteiger partial charge in [-0.1, -0.05) is 24.3 Å². The van der Waals surface area contributed by atoms with E-state index in [0.717, 1.165) is 35.6 Å². The lowest BCUT2D eigenvalue weighted by atomic mass is 10.1. The number of benzene rings is 2. The fraction of sp³-hybridized carbons (Fsp3) is 0.115. The molecule has 0 aliphatic rings. The third-order valence-electron chi connectivity index (χ3n) is 5.29. The van der Waals surface area contributed by atoms with Crippen LogP contribution in [0.25, 0.3) is 11.3 Å². The quantitative estimate of drug-likeness (QED) is 0.314. The van der Waals surface area contributed by atoms with Crippen LogP contribution in [0.3, 0.4) is 0 Å². The molecule has 3 heterocycles. The molecule has 0 bridgehead atoms. The molecule has 0 saturated heterocycles. The highest BCUT2D eigenvalue weighted by molar-refractivity contribution is 5.67. The lowest BCUT2D eigenvalue weighted by molar-refractivity contribution is 0.481. The van der Waals surface area contributed by atoms with Crippen LogP contribution < -0.4 is 10.1 Å². The zero-order chi connectivity index (χ0) is 24.0. The van der Waals surface area contributed by atoms with Gasteiger partial charge in [0.05, 0.1) is 0 Å². The van der Waals surface area contributed by atoms with Gasteiger partial charge < -0.3 is 10.1 Å². The van der Waals surface area contributed by atoms with Crippen molar-refractivity contribution in [3.8, 4) is 22.8 Å². The predicted octanol–water partition coefficient (Wildman–Crippen LogP) is 5.43. The van der Waals surface area contributed by atoms with Crippen LogP contribution in [-0.2, 0) is 12.8 Å². The molecule has 2 aromatic carbocycles. The molecule has 0 spiro atoms. The summed E-state index contributed by atoms with van der Waals surface area (Å²) in [6.07, 6.45) is 3.18. The Kier molecular flexibility index (Phi) is 6.38. The summed E-state index contributed by atoms with van der Waals surface area (Å²) in [6, 6.07) is 21.7. The van der Waals surface area contributed by atoms with E-state index in [0.29, 0.717) is 28.6 Å². The molecule has 3 aromatic heterocycles. The maximum atomic E-state index is 13.8. The number of nitrogens with zero attached hydrogens (tertiary/aromatic N) is 5. The van der Waals surface area contributed by atoms with Gasteiger partial charge in [0.1, 0.15) is 28.9 Å². The number of aromatic amines is 1. The number of anilines is 2. The van der Waals surface area contributed by atoms with Gasteiger partial charge in [0.15, 0.2) is 5.75 Å². The number of rotatable bonds is 8. The molecule has 2 N–H and O–H groups in total. The highest BCUT2D eigenvalue weighted by Crippen LogP contribution is 2.33. The zero-order valence-corrected chi connectivity index (χ0v) is 18.9. The van der Waals surface area contributed by atoms with Crippen molar-refractivity contribution in [2.24, 2.45) is 0 Å². The maximum Gasteiger partial charge on any atom is 0.153 e. The molecule has 35 heavy (non-hydrogen) atoms. The number of aryl methyl sites for hydroxylation is 3. The predicted molar refractivity (Wildman–Crippen MR) is 130 cm³/mol. The average Bonchev–Trinajstić information content (AvgIpc) is 3.38. The van der Waals surface area contributed by atoms with E-state index in [1.54, 1.807) is 18.3 Å². The SMILES string of the molecule is Cc1ccc(Oc2ccnc(Nc3cccc(CCc4nnn[nH]4)c3)c2)c(-c2cccc(F)c2)n1. The Hall–Kier alpha value is -4.66. The van der Waals surface area contributed by atoms with Crippen molar-refractivity contribution in [3.63, 3.8) is 0 Å². The molecule has 0 unspecified atom stereocenters. The molecule has 174 valence electrons. The summed E-state index contributed by atoms with van der Waals surface area (Å²) in [5, 5.41) is 17.2. The molecule has 0 radical (unpaired) electrons. The molecule has 5 rings (SSSR count). The fourth-order valence-corrected chi connectivity index (χ4v) is 3.64. The number of halogens is 1. The minimum Gasteiger partial charge on any atom is -0.455 e.